The van der Waals surface area contributed by atoms with E-state index in [-0.39, 0.29) is 18.4 Å². The van der Waals surface area contributed by atoms with Crippen LogP contribution in [-0.4, -0.2) is 36.5 Å². The molecule has 196 valence electrons. The van der Waals surface area contributed by atoms with E-state index in [1.807, 2.05) is 6.92 Å². The minimum atomic E-state index is -0.346. The standard InChI is InChI=1S/C27H22Cl2N2O5S2/c1-3-35-23-11-16(7-9-22(23)36-15-25(32)30-18-6-4-5-17(28)13-18)12-24-26(33)31(27(37)38-24)19-8-10-21(34-2)20(29)14-19/h4-14H,3,15H2,1-2H3,(H,30,32)/b24-12+. The van der Waals surface area contributed by atoms with Crippen LogP contribution in [0.4, 0.5) is 11.4 Å². The van der Waals surface area contributed by atoms with Gasteiger partial charge in [0.25, 0.3) is 11.8 Å². The maximum Gasteiger partial charge on any atom is 0.270 e. The molecular weight excluding hydrogens is 567 g/mol. The molecule has 4 rings (SSSR count). The number of nitrogens with zero attached hydrogens (tertiary/aromatic N) is 1. The molecule has 1 aliphatic heterocycles. The Morgan fingerprint density at radius 2 is 1.84 bits per heavy atom. The fraction of sp³-hybridized carbons (Fsp3) is 0.148. The first kappa shape index (κ1) is 27.8. The fourth-order valence-corrected chi connectivity index (χ4v) is 5.29. The highest BCUT2D eigenvalue weighted by molar-refractivity contribution is 8.27. The summed E-state index contributed by atoms with van der Waals surface area (Å²) in [5.41, 5.74) is 1.83. The lowest BCUT2D eigenvalue weighted by Gasteiger charge is -2.15. The minimum absolute atomic E-state index is 0.227. The number of thiocarbonyl (C=S) groups is 1. The molecule has 38 heavy (non-hydrogen) atoms. The van der Waals surface area contributed by atoms with Gasteiger partial charge in [-0.1, -0.05) is 59.3 Å². The van der Waals surface area contributed by atoms with Crippen molar-refractivity contribution in [3.8, 4) is 17.2 Å². The highest BCUT2D eigenvalue weighted by Crippen LogP contribution is 2.39. The number of carbonyl (C=O) groups is 2. The van der Waals surface area contributed by atoms with Gasteiger partial charge in [0.15, 0.2) is 22.4 Å². The van der Waals surface area contributed by atoms with Crippen molar-refractivity contribution in [3.05, 3.63) is 81.2 Å². The van der Waals surface area contributed by atoms with Crippen LogP contribution in [0, 0.1) is 0 Å². The van der Waals surface area contributed by atoms with Crippen LogP contribution in [0.2, 0.25) is 10.0 Å². The van der Waals surface area contributed by atoms with E-state index in [0.717, 1.165) is 0 Å². The molecule has 0 saturated carbocycles. The Hall–Kier alpha value is -3.24. The normalized spacial score (nSPS) is 14.1. The lowest BCUT2D eigenvalue weighted by molar-refractivity contribution is -0.118. The first-order valence-corrected chi connectivity index (χ1v) is 13.3. The van der Waals surface area contributed by atoms with Crippen molar-refractivity contribution in [3.63, 3.8) is 0 Å². The summed E-state index contributed by atoms with van der Waals surface area (Å²) in [6, 6.07) is 17.1. The summed E-state index contributed by atoms with van der Waals surface area (Å²) in [4.78, 5) is 27.4. The van der Waals surface area contributed by atoms with Crippen LogP contribution in [0.1, 0.15) is 12.5 Å². The van der Waals surface area contributed by atoms with Crippen molar-refractivity contribution in [1.29, 1.82) is 0 Å². The molecule has 0 atom stereocenters. The number of halogens is 2. The third kappa shape index (κ3) is 6.60. The van der Waals surface area contributed by atoms with Crippen molar-refractivity contribution in [2.45, 2.75) is 6.92 Å². The highest BCUT2D eigenvalue weighted by atomic mass is 35.5. The van der Waals surface area contributed by atoms with E-state index >= 15 is 0 Å². The summed E-state index contributed by atoms with van der Waals surface area (Å²) in [6.07, 6.45) is 1.72. The maximum absolute atomic E-state index is 13.2. The Morgan fingerprint density at radius 1 is 1.05 bits per heavy atom. The summed E-state index contributed by atoms with van der Waals surface area (Å²) in [5, 5.41) is 3.62. The molecule has 11 heteroatoms. The first-order valence-electron chi connectivity index (χ1n) is 11.4. The van der Waals surface area contributed by atoms with Crippen molar-refractivity contribution < 1.29 is 23.8 Å². The number of nitrogens with one attached hydrogen (secondary N) is 1. The molecule has 1 aliphatic rings. The second kappa shape index (κ2) is 12.5. The van der Waals surface area contributed by atoms with Gasteiger partial charge in [-0.15, -0.1) is 0 Å². The van der Waals surface area contributed by atoms with Gasteiger partial charge in [0.05, 0.1) is 29.3 Å². The van der Waals surface area contributed by atoms with Crippen molar-refractivity contribution >= 4 is 80.8 Å². The molecule has 1 fully saturated rings. The van der Waals surface area contributed by atoms with E-state index in [1.165, 1.54) is 23.8 Å². The van der Waals surface area contributed by atoms with Crippen LogP contribution in [-0.2, 0) is 9.59 Å². The van der Waals surface area contributed by atoms with E-state index in [9.17, 15) is 9.59 Å². The van der Waals surface area contributed by atoms with Crippen molar-refractivity contribution in [2.75, 3.05) is 30.5 Å². The van der Waals surface area contributed by atoms with Gasteiger partial charge >= 0.3 is 0 Å². The van der Waals surface area contributed by atoms with Gasteiger partial charge in [0.2, 0.25) is 0 Å². The second-order valence-corrected chi connectivity index (χ2v) is 10.3. The van der Waals surface area contributed by atoms with Gasteiger partial charge in [-0.25, -0.2) is 0 Å². The van der Waals surface area contributed by atoms with E-state index in [1.54, 1.807) is 66.7 Å². The summed E-state index contributed by atoms with van der Waals surface area (Å²) >= 11 is 18.8. The Labute approximate surface area is 239 Å². The predicted octanol–water partition coefficient (Wildman–Crippen LogP) is 6.82. The SMILES string of the molecule is CCOc1cc(/C=C2/SC(=S)N(c3ccc(OC)c(Cl)c3)C2=O)ccc1OCC(=O)Nc1cccc(Cl)c1. The molecule has 0 aromatic heterocycles. The number of anilines is 2. The molecule has 2 amide bonds. The van der Waals surface area contributed by atoms with E-state index in [2.05, 4.69) is 5.32 Å². The average molecular weight is 590 g/mol. The van der Waals surface area contributed by atoms with Crippen LogP contribution < -0.4 is 24.4 Å². The molecule has 0 radical (unpaired) electrons. The lowest BCUT2D eigenvalue weighted by atomic mass is 10.1. The number of hydrogen-bond acceptors (Lipinski definition) is 7. The van der Waals surface area contributed by atoms with Crippen LogP contribution in [0.15, 0.2) is 65.6 Å². The van der Waals surface area contributed by atoms with Gasteiger partial charge in [-0.2, -0.15) is 0 Å². The van der Waals surface area contributed by atoms with E-state index < -0.39 is 0 Å². The number of hydrogen-bond donors (Lipinski definition) is 1. The smallest absolute Gasteiger partial charge is 0.270 e. The van der Waals surface area contributed by atoms with E-state index in [0.29, 0.717) is 60.1 Å². The summed E-state index contributed by atoms with van der Waals surface area (Å²) in [6.45, 7) is 2.00. The van der Waals surface area contributed by atoms with Gasteiger partial charge < -0.3 is 19.5 Å². The number of rotatable bonds is 9. The monoisotopic (exact) mass is 588 g/mol. The second-order valence-electron chi connectivity index (χ2n) is 7.82. The summed E-state index contributed by atoms with van der Waals surface area (Å²) in [5.74, 6) is 0.724. The van der Waals surface area contributed by atoms with E-state index in [4.69, 9.17) is 49.6 Å². The maximum atomic E-state index is 13.2. The average Bonchev–Trinajstić information content (AvgIpc) is 3.16. The molecular formula is C27H22Cl2N2O5S2. The third-order valence-electron chi connectivity index (χ3n) is 5.22. The Morgan fingerprint density at radius 3 is 2.55 bits per heavy atom. The van der Waals surface area contributed by atoms with Crippen LogP contribution >= 0.6 is 47.2 Å². The molecule has 3 aromatic rings. The molecule has 7 nitrogen and oxygen atoms in total. The zero-order valence-corrected chi connectivity index (χ0v) is 23.5. The van der Waals surface area contributed by atoms with Crippen LogP contribution in [0.3, 0.4) is 0 Å². The lowest BCUT2D eigenvalue weighted by Crippen LogP contribution is -2.27. The number of methoxy groups -OCH3 is 1. The number of ether oxygens (including phenoxy) is 3. The quantitative estimate of drug-likeness (QED) is 0.217. The summed E-state index contributed by atoms with van der Waals surface area (Å²) in [7, 11) is 1.52. The largest absolute Gasteiger partial charge is 0.495 e. The molecule has 1 N–H and O–H groups in total. The molecule has 1 saturated heterocycles. The molecule has 0 aliphatic carbocycles. The van der Waals surface area contributed by atoms with Crippen LogP contribution in [0.5, 0.6) is 17.2 Å². The number of carbonyl (C=O) groups excluding carboxylic acids is 2. The zero-order valence-electron chi connectivity index (χ0n) is 20.3. The Balaban J connectivity index is 1.48. The fourth-order valence-electron chi connectivity index (χ4n) is 3.54. The molecule has 0 bridgehead atoms. The molecule has 3 aromatic carbocycles. The molecule has 1 heterocycles. The molecule has 0 unspecified atom stereocenters. The Kier molecular flexibility index (Phi) is 9.17. The minimum Gasteiger partial charge on any atom is -0.495 e. The summed E-state index contributed by atoms with van der Waals surface area (Å²) < 4.78 is 17.0. The van der Waals surface area contributed by atoms with Gasteiger partial charge in [0.1, 0.15) is 5.75 Å². The highest BCUT2D eigenvalue weighted by Gasteiger charge is 2.33. The van der Waals surface area contributed by atoms with Crippen molar-refractivity contribution in [1.82, 2.24) is 0 Å². The van der Waals surface area contributed by atoms with Gasteiger partial charge in [-0.05, 0) is 67.1 Å². The van der Waals surface area contributed by atoms with Gasteiger partial charge in [-0.3, -0.25) is 14.5 Å². The Bertz CT molecular complexity index is 1430. The van der Waals surface area contributed by atoms with Crippen molar-refractivity contribution in [2.24, 2.45) is 0 Å². The number of benzene rings is 3. The third-order valence-corrected chi connectivity index (χ3v) is 7.05. The number of amides is 2. The topological polar surface area (TPSA) is 77.1 Å². The first-order chi connectivity index (χ1) is 18.3. The van der Waals surface area contributed by atoms with Crippen LogP contribution in [0.25, 0.3) is 6.08 Å². The molecule has 0 spiro atoms. The predicted molar refractivity (Wildman–Crippen MR) is 157 cm³/mol. The number of thioether (sulfide) groups is 1. The van der Waals surface area contributed by atoms with Gasteiger partial charge in [0, 0.05) is 10.7 Å². The zero-order chi connectivity index (χ0) is 27.2.